The average Bonchev–Trinajstić information content (AvgIpc) is 3.53. The Morgan fingerprint density at radius 1 is 1.21 bits per heavy atom. The summed E-state index contributed by atoms with van der Waals surface area (Å²) in [7, 11) is 0. The molecule has 2 nitrogen and oxygen atoms in total. The summed E-state index contributed by atoms with van der Waals surface area (Å²) in [4.78, 5) is 11.4. The molecule has 160 valence electrons. The van der Waals surface area contributed by atoms with Crippen LogP contribution in [0, 0.1) is 16.7 Å². The molecule has 1 saturated carbocycles. The van der Waals surface area contributed by atoms with Gasteiger partial charge in [-0.15, -0.1) is 0 Å². The number of rotatable bonds is 16. The Morgan fingerprint density at radius 3 is 2.43 bits per heavy atom. The van der Waals surface area contributed by atoms with E-state index in [4.69, 9.17) is 0 Å². The largest absolute Gasteiger partial charge is 0.316 e. The van der Waals surface area contributed by atoms with Crippen LogP contribution in [-0.2, 0) is 4.79 Å². The molecule has 28 heavy (non-hydrogen) atoms. The van der Waals surface area contributed by atoms with Gasteiger partial charge in [0.05, 0.1) is 0 Å². The Morgan fingerprint density at radius 2 is 1.93 bits per heavy atom. The van der Waals surface area contributed by atoms with E-state index in [1.165, 1.54) is 43.3 Å². The van der Waals surface area contributed by atoms with Gasteiger partial charge in [-0.1, -0.05) is 70.9 Å². The fraction of sp³-hybridized carbons (Fsp3) is 0.731. The van der Waals surface area contributed by atoms with E-state index in [1.807, 2.05) is 6.08 Å². The van der Waals surface area contributed by atoms with Crippen LogP contribution >= 0.6 is 0 Å². The van der Waals surface area contributed by atoms with Crippen LogP contribution in [0.3, 0.4) is 0 Å². The van der Waals surface area contributed by atoms with Crippen molar-refractivity contribution < 1.29 is 4.79 Å². The van der Waals surface area contributed by atoms with Crippen molar-refractivity contribution in [3.63, 3.8) is 0 Å². The van der Waals surface area contributed by atoms with Gasteiger partial charge in [-0.05, 0) is 74.3 Å². The zero-order valence-electron chi connectivity index (χ0n) is 19.3. The van der Waals surface area contributed by atoms with E-state index >= 15 is 0 Å². The summed E-state index contributed by atoms with van der Waals surface area (Å²) in [5, 5.41) is 3.83. The van der Waals surface area contributed by atoms with E-state index in [1.54, 1.807) is 0 Å². The van der Waals surface area contributed by atoms with E-state index in [0.717, 1.165) is 44.6 Å². The monoisotopic (exact) mass is 387 g/mol. The minimum absolute atomic E-state index is 0.0680. The van der Waals surface area contributed by atoms with E-state index in [0.29, 0.717) is 6.42 Å². The second-order valence-electron chi connectivity index (χ2n) is 8.95. The predicted molar refractivity (Wildman–Crippen MR) is 124 cm³/mol. The van der Waals surface area contributed by atoms with Crippen LogP contribution in [0.1, 0.15) is 92.4 Å². The molecule has 1 fully saturated rings. The first-order chi connectivity index (χ1) is 13.4. The normalized spacial score (nSPS) is 19.8. The number of nitrogens with one attached hydrogen (secondary N) is 1. The smallest absolute Gasteiger partial charge is 0.120 e. The van der Waals surface area contributed by atoms with Crippen molar-refractivity contribution in [2.75, 3.05) is 13.1 Å². The van der Waals surface area contributed by atoms with Crippen LogP contribution in [0.25, 0.3) is 0 Å². The lowest BCUT2D eigenvalue weighted by Crippen LogP contribution is -2.48. The molecule has 1 aliphatic carbocycles. The van der Waals surface area contributed by atoms with Crippen molar-refractivity contribution in [1.82, 2.24) is 5.32 Å². The Balaban J connectivity index is 3.36. The van der Waals surface area contributed by atoms with Crippen LogP contribution in [0.15, 0.2) is 36.0 Å². The molecule has 1 rings (SSSR count). The van der Waals surface area contributed by atoms with Gasteiger partial charge in [0, 0.05) is 13.0 Å². The summed E-state index contributed by atoms with van der Waals surface area (Å²) < 4.78 is 0. The van der Waals surface area contributed by atoms with Crippen LogP contribution < -0.4 is 5.32 Å². The van der Waals surface area contributed by atoms with Crippen LogP contribution in [0.5, 0.6) is 0 Å². The number of hydrogen-bond donors (Lipinski definition) is 1. The number of aldehydes is 1. The Labute approximate surface area is 174 Å². The summed E-state index contributed by atoms with van der Waals surface area (Å²) >= 11 is 0. The molecule has 0 radical (unpaired) electrons. The minimum atomic E-state index is 0.0680. The maximum Gasteiger partial charge on any atom is 0.120 e. The molecule has 0 saturated heterocycles. The van der Waals surface area contributed by atoms with E-state index in [-0.39, 0.29) is 10.8 Å². The zero-order chi connectivity index (χ0) is 21.0. The zero-order valence-corrected chi connectivity index (χ0v) is 19.3. The molecule has 1 aliphatic rings. The lowest BCUT2D eigenvalue weighted by atomic mass is 9.55. The Hall–Kier alpha value is -1.15. The number of hydrogen-bond acceptors (Lipinski definition) is 2. The summed E-state index contributed by atoms with van der Waals surface area (Å²) in [6.07, 6.45) is 17.4. The average molecular weight is 388 g/mol. The summed E-state index contributed by atoms with van der Waals surface area (Å²) in [6, 6.07) is 0. The highest BCUT2D eigenvalue weighted by atomic mass is 16.1. The first kappa shape index (κ1) is 24.9. The van der Waals surface area contributed by atoms with Gasteiger partial charge in [-0.2, -0.15) is 0 Å². The van der Waals surface area contributed by atoms with Crippen LogP contribution in [0.4, 0.5) is 0 Å². The fourth-order valence-electron chi connectivity index (χ4n) is 4.82. The maximum absolute atomic E-state index is 11.4. The minimum Gasteiger partial charge on any atom is -0.316 e. The van der Waals surface area contributed by atoms with Gasteiger partial charge in [0.1, 0.15) is 6.29 Å². The first-order valence-electron chi connectivity index (χ1n) is 11.6. The van der Waals surface area contributed by atoms with Gasteiger partial charge < -0.3 is 10.1 Å². The van der Waals surface area contributed by atoms with Gasteiger partial charge in [0.25, 0.3) is 0 Å². The third kappa shape index (κ3) is 6.44. The van der Waals surface area contributed by atoms with Crippen molar-refractivity contribution in [2.24, 2.45) is 16.7 Å². The molecule has 2 atom stereocenters. The Kier molecular flexibility index (Phi) is 11.0. The molecule has 0 amide bonds. The molecule has 0 bridgehead atoms. The van der Waals surface area contributed by atoms with Gasteiger partial charge in [-0.25, -0.2) is 0 Å². The standard InChI is InChI=1S/C26H45NO/c1-7-11-14-24(9-3)22(5)25(6,10-4)26(17-12-8-2,18-13-19-28)21-27-20-23-15-16-23/h7,11,14,19,23,27H,1,8-10,12-13,15-18,20-21H2,2-6H3/b14-11-,24-22+. The summed E-state index contributed by atoms with van der Waals surface area (Å²) in [5.41, 5.74) is 3.09. The predicted octanol–water partition coefficient (Wildman–Crippen LogP) is 7.03. The molecule has 1 N–H and O–H groups in total. The topological polar surface area (TPSA) is 29.1 Å². The molecule has 0 aromatic rings. The molecule has 2 heteroatoms. The molecular weight excluding hydrogens is 342 g/mol. The highest BCUT2D eigenvalue weighted by Gasteiger charge is 2.47. The third-order valence-corrected chi connectivity index (χ3v) is 7.34. The number of carbonyl (C=O) groups excluding carboxylic acids is 1. The number of unbranched alkanes of at least 4 members (excludes halogenated alkanes) is 1. The highest BCUT2D eigenvalue weighted by Crippen LogP contribution is 2.54. The quantitative estimate of drug-likeness (QED) is 0.227. The number of allylic oxidation sites excluding steroid dienone is 5. The molecule has 0 aliphatic heterocycles. The van der Waals surface area contributed by atoms with Crippen LogP contribution in [-0.4, -0.2) is 19.4 Å². The van der Waals surface area contributed by atoms with Crippen molar-refractivity contribution in [2.45, 2.75) is 92.4 Å². The summed E-state index contributed by atoms with van der Waals surface area (Å²) in [6.45, 7) is 17.6. The van der Waals surface area contributed by atoms with Gasteiger partial charge in [0.2, 0.25) is 0 Å². The molecule has 0 spiro atoms. The fourth-order valence-corrected chi connectivity index (χ4v) is 4.82. The molecule has 2 unspecified atom stereocenters. The van der Waals surface area contributed by atoms with E-state index < -0.39 is 0 Å². The SMILES string of the molecule is C=C/C=C\C(CC)=C(/C)C(C)(CC)C(CCC=O)(CCCC)CNCC1CC1. The van der Waals surface area contributed by atoms with E-state index in [9.17, 15) is 4.79 Å². The summed E-state index contributed by atoms with van der Waals surface area (Å²) in [5.74, 6) is 0.876. The van der Waals surface area contributed by atoms with Crippen molar-refractivity contribution in [1.29, 1.82) is 0 Å². The van der Waals surface area contributed by atoms with Gasteiger partial charge in [0.15, 0.2) is 0 Å². The van der Waals surface area contributed by atoms with E-state index in [2.05, 4.69) is 58.7 Å². The van der Waals surface area contributed by atoms with Gasteiger partial charge in [-0.3, -0.25) is 0 Å². The van der Waals surface area contributed by atoms with Crippen LogP contribution in [0.2, 0.25) is 0 Å². The number of carbonyl (C=O) groups is 1. The maximum atomic E-state index is 11.4. The first-order valence-corrected chi connectivity index (χ1v) is 11.6. The van der Waals surface area contributed by atoms with Crippen molar-refractivity contribution in [3.05, 3.63) is 36.0 Å². The Bertz CT molecular complexity index is 543. The highest BCUT2D eigenvalue weighted by molar-refractivity contribution is 5.49. The van der Waals surface area contributed by atoms with Crippen molar-refractivity contribution >= 4 is 6.29 Å². The second kappa shape index (κ2) is 12.4. The molecule has 0 aromatic carbocycles. The second-order valence-corrected chi connectivity index (χ2v) is 8.95. The lowest BCUT2D eigenvalue weighted by Gasteiger charge is -2.51. The third-order valence-electron chi connectivity index (χ3n) is 7.34. The van der Waals surface area contributed by atoms with Gasteiger partial charge >= 0.3 is 0 Å². The molecule has 0 aromatic heterocycles. The van der Waals surface area contributed by atoms with Crippen molar-refractivity contribution in [3.8, 4) is 0 Å². The molecular formula is C26H45NO. The lowest BCUT2D eigenvalue weighted by molar-refractivity contribution is -0.108. The molecule has 0 heterocycles.